The van der Waals surface area contributed by atoms with Gasteiger partial charge in [0.1, 0.15) is 5.75 Å². The second kappa shape index (κ2) is 13.4. The highest BCUT2D eigenvalue weighted by molar-refractivity contribution is 5.83. The highest BCUT2D eigenvalue weighted by atomic mass is 16.5. The smallest absolute Gasteiger partial charge is 0.303 e. The van der Waals surface area contributed by atoms with E-state index in [4.69, 9.17) is 14.6 Å². The number of β-amino-alcohol motifs (C(OH)–C–C–N with tert-alkyl or cyclic N) is 1. The Kier molecular flexibility index (Phi) is 10.3. The Morgan fingerprint density at radius 3 is 2.50 bits per heavy atom. The minimum absolute atomic E-state index is 0.148. The molecule has 0 aromatic heterocycles. The molecular formula is C30H39NO5. The maximum atomic E-state index is 10.6. The number of aliphatic hydroxyl groups excluding tert-OH is 1. The summed E-state index contributed by atoms with van der Waals surface area (Å²) in [6.07, 6.45) is 1.36. The second-order valence-electron chi connectivity index (χ2n) is 9.99. The van der Waals surface area contributed by atoms with Gasteiger partial charge >= 0.3 is 5.97 Å². The van der Waals surface area contributed by atoms with Crippen LogP contribution >= 0.6 is 0 Å². The van der Waals surface area contributed by atoms with Crippen LogP contribution in [0.25, 0.3) is 10.8 Å². The number of aliphatic carboxylic acids is 1. The van der Waals surface area contributed by atoms with Crippen molar-refractivity contribution in [3.63, 3.8) is 0 Å². The van der Waals surface area contributed by atoms with Gasteiger partial charge in [0, 0.05) is 24.1 Å². The SMILES string of the molecule is CC(OC[C@H](O)CNC(C)(C)Cc1ccc2ccccc2c1)c1ccccc1OCCCCC(=O)O. The summed E-state index contributed by atoms with van der Waals surface area (Å²) in [5, 5.41) is 25.3. The minimum Gasteiger partial charge on any atom is -0.493 e. The number of nitrogens with one attached hydrogen (secondary N) is 1. The number of carboxylic acids is 1. The first-order valence-electron chi connectivity index (χ1n) is 12.7. The summed E-state index contributed by atoms with van der Waals surface area (Å²) in [7, 11) is 0. The van der Waals surface area contributed by atoms with Gasteiger partial charge in [0.05, 0.1) is 25.4 Å². The van der Waals surface area contributed by atoms with Crippen LogP contribution in [0.5, 0.6) is 5.75 Å². The lowest BCUT2D eigenvalue weighted by Crippen LogP contribution is -2.46. The van der Waals surface area contributed by atoms with Gasteiger partial charge in [-0.2, -0.15) is 0 Å². The molecule has 1 unspecified atom stereocenters. The lowest BCUT2D eigenvalue weighted by molar-refractivity contribution is -0.137. The molecule has 0 radical (unpaired) electrons. The topological polar surface area (TPSA) is 88.0 Å². The zero-order chi connectivity index (χ0) is 26.0. The minimum atomic E-state index is -0.789. The average molecular weight is 494 g/mol. The molecule has 0 heterocycles. The van der Waals surface area contributed by atoms with Crippen molar-refractivity contribution < 1.29 is 24.5 Å². The van der Waals surface area contributed by atoms with Gasteiger partial charge in [0.2, 0.25) is 0 Å². The number of unbranched alkanes of at least 4 members (excludes halogenated alkanes) is 1. The molecule has 0 aliphatic carbocycles. The molecule has 194 valence electrons. The lowest BCUT2D eigenvalue weighted by atomic mass is 9.93. The molecule has 3 N–H and O–H groups in total. The van der Waals surface area contributed by atoms with Crippen LogP contribution in [0.1, 0.15) is 57.3 Å². The summed E-state index contributed by atoms with van der Waals surface area (Å²) in [5.41, 5.74) is 1.98. The van der Waals surface area contributed by atoms with Crippen LogP contribution in [0, 0.1) is 0 Å². The van der Waals surface area contributed by atoms with Gasteiger partial charge in [-0.3, -0.25) is 4.79 Å². The molecule has 0 aliphatic rings. The Morgan fingerprint density at radius 2 is 1.72 bits per heavy atom. The summed E-state index contributed by atoms with van der Waals surface area (Å²) < 4.78 is 11.8. The van der Waals surface area contributed by atoms with Gasteiger partial charge in [0.25, 0.3) is 0 Å². The van der Waals surface area contributed by atoms with Crippen molar-refractivity contribution in [2.45, 2.75) is 64.2 Å². The van der Waals surface area contributed by atoms with Gasteiger partial charge < -0.3 is 25.0 Å². The van der Waals surface area contributed by atoms with Crippen molar-refractivity contribution in [3.8, 4) is 5.75 Å². The summed E-state index contributed by atoms with van der Waals surface area (Å²) in [6.45, 7) is 7.30. The Morgan fingerprint density at radius 1 is 1.00 bits per heavy atom. The number of carbonyl (C=O) groups is 1. The molecule has 0 bridgehead atoms. The first kappa shape index (κ1) is 27.7. The van der Waals surface area contributed by atoms with Crippen molar-refractivity contribution in [1.29, 1.82) is 0 Å². The number of ether oxygens (including phenoxy) is 2. The highest BCUT2D eigenvalue weighted by Gasteiger charge is 2.20. The van der Waals surface area contributed by atoms with E-state index in [0.29, 0.717) is 26.0 Å². The van der Waals surface area contributed by atoms with Crippen LogP contribution in [0.15, 0.2) is 66.7 Å². The van der Waals surface area contributed by atoms with E-state index in [1.807, 2.05) is 31.2 Å². The molecule has 6 heteroatoms. The molecule has 36 heavy (non-hydrogen) atoms. The van der Waals surface area contributed by atoms with Gasteiger partial charge in [-0.1, -0.05) is 60.7 Å². The third-order valence-electron chi connectivity index (χ3n) is 6.21. The number of aliphatic hydroxyl groups is 1. The standard InChI is InChI=1S/C30H39NO5/c1-22(27-12-6-7-13-28(27)35-17-9-8-14-29(33)34)36-21-26(32)20-31-30(2,3)19-23-15-16-24-10-4-5-11-25(24)18-23/h4-7,10-13,15-16,18,22,26,31-32H,8-9,14,17,19-21H2,1-3H3,(H,33,34)/t22?,26-/m1/s1. The molecule has 0 spiro atoms. The van der Waals surface area contributed by atoms with E-state index in [-0.39, 0.29) is 24.7 Å². The second-order valence-corrected chi connectivity index (χ2v) is 9.99. The van der Waals surface area contributed by atoms with E-state index in [1.54, 1.807) is 0 Å². The fraction of sp³-hybridized carbons (Fsp3) is 0.433. The molecule has 3 aromatic carbocycles. The normalized spacial score (nSPS) is 13.4. The maximum absolute atomic E-state index is 10.6. The molecule has 0 amide bonds. The Bertz CT molecular complexity index is 1110. The van der Waals surface area contributed by atoms with Crippen molar-refractivity contribution in [1.82, 2.24) is 5.32 Å². The van der Waals surface area contributed by atoms with Crippen LogP contribution < -0.4 is 10.1 Å². The third kappa shape index (κ3) is 8.94. The van der Waals surface area contributed by atoms with Gasteiger partial charge in [-0.25, -0.2) is 0 Å². The van der Waals surface area contributed by atoms with Crippen LogP contribution in [-0.4, -0.2) is 47.6 Å². The van der Waals surface area contributed by atoms with E-state index < -0.39 is 12.1 Å². The fourth-order valence-corrected chi connectivity index (χ4v) is 4.23. The third-order valence-corrected chi connectivity index (χ3v) is 6.21. The van der Waals surface area contributed by atoms with Gasteiger partial charge in [0.15, 0.2) is 0 Å². The fourth-order valence-electron chi connectivity index (χ4n) is 4.23. The van der Waals surface area contributed by atoms with E-state index in [0.717, 1.165) is 17.7 Å². The number of para-hydroxylation sites is 1. The van der Waals surface area contributed by atoms with Crippen LogP contribution in [-0.2, 0) is 16.0 Å². The Labute approximate surface area is 214 Å². The Balaban J connectivity index is 1.44. The first-order valence-corrected chi connectivity index (χ1v) is 12.7. The monoisotopic (exact) mass is 493 g/mol. The molecular weight excluding hydrogens is 454 g/mol. The largest absolute Gasteiger partial charge is 0.493 e. The average Bonchev–Trinajstić information content (AvgIpc) is 2.85. The van der Waals surface area contributed by atoms with E-state index in [1.165, 1.54) is 16.3 Å². The zero-order valence-corrected chi connectivity index (χ0v) is 21.6. The first-order chi connectivity index (χ1) is 17.2. The molecule has 0 saturated carbocycles. The predicted octanol–water partition coefficient (Wildman–Crippen LogP) is 5.52. The lowest BCUT2D eigenvalue weighted by Gasteiger charge is -2.28. The van der Waals surface area contributed by atoms with Crippen molar-refractivity contribution in [3.05, 3.63) is 77.9 Å². The molecule has 0 fully saturated rings. The van der Waals surface area contributed by atoms with Crippen molar-refractivity contribution in [2.24, 2.45) is 0 Å². The van der Waals surface area contributed by atoms with Crippen LogP contribution in [0.3, 0.4) is 0 Å². The Hall–Kier alpha value is -2.93. The summed E-state index contributed by atoms with van der Waals surface area (Å²) >= 11 is 0. The maximum Gasteiger partial charge on any atom is 0.303 e. The zero-order valence-electron chi connectivity index (χ0n) is 21.6. The number of benzene rings is 3. The predicted molar refractivity (Wildman–Crippen MR) is 144 cm³/mol. The van der Waals surface area contributed by atoms with E-state index in [2.05, 4.69) is 61.6 Å². The summed E-state index contributed by atoms with van der Waals surface area (Å²) in [6, 6.07) is 22.6. The van der Waals surface area contributed by atoms with E-state index >= 15 is 0 Å². The number of carboxylic acid groups (broad SMARTS) is 1. The van der Waals surface area contributed by atoms with Crippen molar-refractivity contribution in [2.75, 3.05) is 19.8 Å². The van der Waals surface area contributed by atoms with Crippen LogP contribution in [0.4, 0.5) is 0 Å². The van der Waals surface area contributed by atoms with Gasteiger partial charge in [-0.15, -0.1) is 0 Å². The van der Waals surface area contributed by atoms with Crippen LogP contribution in [0.2, 0.25) is 0 Å². The summed E-state index contributed by atoms with van der Waals surface area (Å²) in [4.78, 5) is 10.6. The molecule has 2 atom stereocenters. The number of fused-ring (bicyclic) bond motifs is 1. The summed E-state index contributed by atoms with van der Waals surface area (Å²) in [5.74, 6) is -0.0630. The van der Waals surface area contributed by atoms with Crippen molar-refractivity contribution >= 4 is 16.7 Å². The molecule has 3 rings (SSSR count). The molecule has 0 aliphatic heterocycles. The molecule has 0 saturated heterocycles. The van der Waals surface area contributed by atoms with E-state index in [9.17, 15) is 9.90 Å². The number of hydrogen-bond acceptors (Lipinski definition) is 5. The van der Waals surface area contributed by atoms with Gasteiger partial charge in [-0.05, 0) is 62.4 Å². The molecule has 6 nitrogen and oxygen atoms in total. The highest BCUT2D eigenvalue weighted by Crippen LogP contribution is 2.28. The quantitative estimate of drug-likeness (QED) is 0.242. The number of hydrogen-bond donors (Lipinski definition) is 3. The molecule has 3 aromatic rings. The number of rotatable bonds is 15.